The summed E-state index contributed by atoms with van der Waals surface area (Å²) in [7, 11) is 0. The zero-order valence-corrected chi connectivity index (χ0v) is 24.6. The van der Waals surface area contributed by atoms with Crippen molar-refractivity contribution in [2.24, 2.45) is 4.99 Å². The molecule has 0 bridgehead atoms. The molecule has 0 saturated heterocycles. The quantitative estimate of drug-likeness (QED) is 0.247. The van der Waals surface area contributed by atoms with E-state index in [4.69, 9.17) is 16.2 Å². The topological polar surface area (TPSA) is 65.6 Å². The molecule has 2 aromatic carbocycles. The molecule has 0 fully saturated rings. The highest BCUT2D eigenvalue weighted by Gasteiger charge is 2.33. The summed E-state index contributed by atoms with van der Waals surface area (Å²) < 4.78 is 9.74. The number of allylic oxidation sites excluding steroid dienone is 1. The number of esters is 1. The van der Waals surface area contributed by atoms with Crippen molar-refractivity contribution in [3.8, 4) is 12.3 Å². The van der Waals surface area contributed by atoms with Crippen molar-refractivity contribution in [2.45, 2.75) is 60.0 Å². The Morgan fingerprint density at radius 2 is 1.90 bits per heavy atom. The van der Waals surface area contributed by atoms with E-state index in [1.54, 1.807) is 18.4 Å². The number of aryl methyl sites for hydroxylation is 1. The molecule has 0 unspecified atom stereocenters. The summed E-state index contributed by atoms with van der Waals surface area (Å²) in [6.07, 6.45) is 7.64. The highest BCUT2D eigenvalue weighted by atomic mass is 32.1. The van der Waals surface area contributed by atoms with Crippen molar-refractivity contribution in [1.29, 1.82) is 0 Å². The average Bonchev–Trinajstić information content (AvgIpc) is 3.37. The minimum absolute atomic E-state index is 0.194. The zero-order chi connectivity index (χ0) is 28.7. The molecule has 40 heavy (non-hydrogen) atoms. The van der Waals surface area contributed by atoms with Crippen LogP contribution in [0.25, 0.3) is 17.0 Å². The van der Waals surface area contributed by atoms with Crippen LogP contribution in [-0.4, -0.2) is 21.7 Å². The number of carbonyl (C=O) groups is 1. The van der Waals surface area contributed by atoms with Gasteiger partial charge in [-0.15, -0.1) is 6.42 Å². The Bertz CT molecular complexity index is 1890. The van der Waals surface area contributed by atoms with Gasteiger partial charge >= 0.3 is 5.97 Å². The summed E-state index contributed by atoms with van der Waals surface area (Å²) in [4.78, 5) is 32.6. The van der Waals surface area contributed by atoms with Gasteiger partial charge in [-0.1, -0.05) is 73.6 Å². The van der Waals surface area contributed by atoms with Gasteiger partial charge < -0.3 is 9.30 Å². The minimum atomic E-state index is -0.634. The lowest BCUT2D eigenvalue weighted by Crippen LogP contribution is -2.40. The van der Waals surface area contributed by atoms with Crippen LogP contribution >= 0.6 is 11.3 Å². The van der Waals surface area contributed by atoms with Crippen LogP contribution in [-0.2, 0) is 16.1 Å². The Balaban J connectivity index is 1.76. The second-order valence-corrected chi connectivity index (χ2v) is 11.4. The van der Waals surface area contributed by atoms with Crippen molar-refractivity contribution in [1.82, 2.24) is 9.13 Å². The second kappa shape index (κ2) is 10.8. The molecule has 2 aromatic heterocycles. The summed E-state index contributed by atoms with van der Waals surface area (Å²) in [5, 5.41) is 1.04. The Hall–Kier alpha value is -4.15. The molecule has 0 N–H and O–H groups in total. The average molecular weight is 552 g/mol. The molecular formula is C33H33N3O3S. The third-order valence-electron chi connectivity index (χ3n) is 7.55. The van der Waals surface area contributed by atoms with Gasteiger partial charge in [-0.25, -0.2) is 9.79 Å². The maximum Gasteiger partial charge on any atom is 0.338 e. The van der Waals surface area contributed by atoms with Crippen LogP contribution in [0.1, 0.15) is 67.6 Å². The van der Waals surface area contributed by atoms with E-state index in [2.05, 4.69) is 55.5 Å². The van der Waals surface area contributed by atoms with E-state index in [0.717, 1.165) is 33.3 Å². The van der Waals surface area contributed by atoms with E-state index in [-0.39, 0.29) is 12.2 Å². The number of benzene rings is 2. The van der Waals surface area contributed by atoms with Crippen molar-refractivity contribution in [2.75, 3.05) is 6.61 Å². The Morgan fingerprint density at radius 1 is 1.18 bits per heavy atom. The highest BCUT2D eigenvalue weighted by Crippen LogP contribution is 2.32. The monoisotopic (exact) mass is 551 g/mol. The summed E-state index contributed by atoms with van der Waals surface area (Å²) in [5.41, 5.74) is 6.92. The molecule has 204 valence electrons. The maximum atomic E-state index is 14.1. The summed E-state index contributed by atoms with van der Waals surface area (Å²) in [5.74, 6) is 2.66. The summed E-state index contributed by atoms with van der Waals surface area (Å²) in [6, 6.07) is 13.6. The van der Waals surface area contributed by atoms with Crippen molar-refractivity contribution < 1.29 is 9.53 Å². The number of para-hydroxylation sites is 1. The van der Waals surface area contributed by atoms with Crippen molar-refractivity contribution in [3.63, 3.8) is 0 Å². The molecule has 0 aliphatic carbocycles. The highest BCUT2D eigenvalue weighted by molar-refractivity contribution is 7.07. The number of terminal acetylenes is 1. The molecule has 4 aromatic rings. The van der Waals surface area contributed by atoms with Crippen LogP contribution in [0.2, 0.25) is 0 Å². The lowest BCUT2D eigenvalue weighted by molar-refractivity contribution is -0.139. The van der Waals surface area contributed by atoms with Crippen LogP contribution in [0.4, 0.5) is 0 Å². The van der Waals surface area contributed by atoms with Gasteiger partial charge in [-0.2, -0.15) is 0 Å². The molecule has 0 spiro atoms. The van der Waals surface area contributed by atoms with Crippen LogP contribution < -0.4 is 14.9 Å². The predicted octanol–water partition coefficient (Wildman–Crippen LogP) is 5.13. The first kappa shape index (κ1) is 27.4. The van der Waals surface area contributed by atoms with E-state index in [9.17, 15) is 9.59 Å². The number of hydrogen-bond acceptors (Lipinski definition) is 5. The third-order valence-corrected chi connectivity index (χ3v) is 8.54. The maximum absolute atomic E-state index is 14.1. The van der Waals surface area contributed by atoms with E-state index >= 15 is 0 Å². The lowest BCUT2D eigenvalue weighted by Gasteiger charge is -2.25. The molecule has 7 heteroatoms. The summed E-state index contributed by atoms with van der Waals surface area (Å²) >= 11 is 1.33. The SMILES string of the molecule is C#CCn1c(C)c(/C=c2\sc3n(c2=O)[C@@H](c2ccc(C(C)C)cc2)C(C(=O)OCC)=C(C)N=3)c2cccc(C)c21. The number of aromatic nitrogens is 2. The first-order chi connectivity index (χ1) is 19.2. The van der Waals surface area contributed by atoms with Gasteiger partial charge in [0, 0.05) is 16.6 Å². The Kier molecular flexibility index (Phi) is 7.39. The molecule has 1 aliphatic heterocycles. The van der Waals surface area contributed by atoms with E-state index in [0.29, 0.717) is 33.1 Å². The van der Waals surface area contributed by atoms with Gasteiger partial charge in [0.1, 0.15) is 0 Å². The molecule has 3 heterocycles. The van der Waals surface area contributed by atoms with Gasteiger partial charge in [0.15, 0.2) is 4.80 Å². The molecule has 0 saturated carbocycles. The lowest BCUT2D eigenvalue weighted by atomic mass is 9.93. The fraction of sp³-hybridized carbons (Fsp3) is 0.303. The van der Waals surface area contributed by atoms with Crippen LogP contribution in [0.15, 0.2) is 63.5 Å². The number of fused-ring (bicyclic) bond motifs is 2. The number of ether oxygens (including phenoxy) is 1. The van der Waals surface area contributed by atoms with Gasteiger partial charge in [0.05, 0.1) is 40.5 Å². The number of rotatable bonds is 6. The standard InChI is InChI=1S/C33H33N3O3S/c1-8-17-35-22(7)26(25-12-10-11-20(5)29(25)35)18-27-31(37)36-30(24-15-13-23(14-16-24)19(3)4)28(32(38)39-9-2)21(6)34-33(36)40-27/h1,10-16,18-19,30H,9,17H2,2-7H3/b27-18-/t30-/m0/s1. The zero-order valence-electron chi connectivity index (χ0n) is 23.7. The minimum Gasteiger partial charge on any atom is -0.463 e. The van der Waals surface area contributed by atoms with Crippen LogP contribution in [0.5, 0.6) is 0 Å². The first-order valence-corrected chi connectivity index (χ1v) is 14.3. The van der Waals surface area contributed by atoms with Gasteiger partial charge in [-0.3, -0.25) is 9.36 Å². The summed E-state index contributed by atoms with van der Waals surface area (Å²) in [6.45, 7) is 12.6. The largest absolute Gasteiger partial charge is 0.463 e. The number of hydrogen-bond donors (Lipinski definition) is 0. The van der Waals surface area contributed by atoms with Gasteiger partial charge in [0.2, 0.25) is 0 Å². The number of nitrogens with zero attached hydrogens (tertiary/aromatic N) is 3. The fourth-order valence-electron chi connectivity index (χ4n) is 5.51. The van der Waals surface area contributed by atoms with Crippen LogP contribution in [0.3, 0.4) is 0 Å². The molecule has 1 atom stereocenters. The molecule has 0 radical (unpaired) electrons. The Labute approximate surface area is 238 Å². The second-order valence-electron chi connectivity index (χ2n) is 10.4. The third kappa shape index (κ3) is 4.52. The predicted molar refractivity (Wildman–Crippen MR) is 161 cm³/mol. The molecule has 0 amide bonds. The molecule has 5 rings (SSSR count). The normalized spacial score (nSPS) is 15.3. The fourth-order valence-corrected chi connectivity index (χ4v) is 6.54. The van der Waals surface area contributed by atoms with Gasteiger partial charge in [-0.05, 0) is 56.4 Å². The van der Waals surface area contributed by atoms with E-state index < -0.39 is 12.0 Å². The number of thiazole rings is 1. The van der Waals surface area contributed by atoms with Crippen molar-refractivity contribution in [3.05, 3.63) is 101 Å². The Morgan fingerprint density at radius 3 is 2.55 bits per heavy atom. The smallest absolute Gasteiger partial charge is 0.338 e. The number of carbonyl (C=O) groups excluding carboxylic acids is 1. The van der Waals surface area contributed by atoms with E-state index in [1.807, 2.05) is 31.2 Å². The van der Waals surface area contributed by atoms with E-state index in [1.165, 1.54) is 16.9 Å². The van der Waals surface area contributed by atoms with Gasteiger partial charge in [0.25, 0.3) is 5.56 Å². The van der Waals surface area contributed by atoms with Crippen molar-refractivity contribution >= 4 is 34.3 Å². The first-order valence-electron chi connectivity index (χ1n) is 13.5. The molecular weight excluding hydrogens is 518 g/mol. The van der Waals surface area contributed by atoms with Crippen LogP contribution in [0, 0.1) is 26.2 Å². The molecule has 1 aliphatic rings. The molecule has 6 nitrogen and oxygen atoms in total.